The fourth-order valence-electron chi connectivity index (χ4n) is 0.978. The molecule has 4 nitrogen and oxygen atoms in total. The molecule has 1 unspecified atom stereocenters. The van der Waals surface area contributed by atoms with Crippen LogP contribution in [-0.2, 0) is 16.1 Å². The number of carbonyl (C=O) groups excluding carboxylic acids is 1. The summed E-state index contributed by atoms with van der Waals surface area (Å²) >= 11 is -1.57. The van der Waals surface area contributed by atoms with E-state index in [0.717, 1.165) is 0 Å². The zero-order chi connectivity index (χ0) is 12.2. The van der Waals surface area contributed by atoms with Crippen LogP contribution in [0.4, 0.5) is 4.79 Å². The summed E-state index contributed by atoms with van der Waals surface area (Å²) in [7, 11) is 0. The van der Waals surface area contributed by atoms with Crippen molar-refractivity contribution in [2.45, 2.75) is 31.3 Å². The van der Waals surface area contributed by atoms with E-state index >= 15 is 0 Å². The van der Waals surface area contributed by atoms with Crippen LogP contribution >= 0.6 is 0 Å². The van der Waals surface area contributed by atoms with Crippen LogP contribution in [0, 0.1) is 0 Å². The Labute approximate surface area is 98.3 Å². The van der Waals surface area contributed by atoms with Crippen LogP contribution in [0.2, 0.25) is 0 Å². The van der Waals surface area contributed by atoms with Crippen LogP contribution in [0.15, 0.2) is 35.2 Å². The van der Waals surface area contributed by atoms with Crippen LogP contribution in [0.5, 0.6) is 0 Å². The van der Waals surface area contributed by atoms with E-state index in [2.05, 4.69) is 4.72 Å². The molecule has 0 aliphatic heterocycles. The average molecular weight is 241 g/mol. The van der Waals surface area contributed by atoms with Crippen LogP contribution in [0.1, 0.15) is 20.8 Å². The van der Waals surface area contributed by atoms with E-state index in [-0.39, 0.29) is 0 Å². The zero-order valence-electron chi connectivity index (χ0n) is 9.52. The predicted octanol–water partition coefficient (Wildman–Crippen LogP) is 2.23. The topological polar surface area (TPSA) is 61.4 Å². The molecule has 0 aliphatic carbocycles. The number of rotatable bonds is 2. The Morgan fingerprint density at radius 1 is 1.31 bits per heavy atom. The van der Waals surface area contributed by atoms with Gasteiger partial charge in [-0.15, -0.1) is 4.72 Å². The first-order valence-corrected chi connectivity index (χ1v) is 6.00. The van der Waals surface area contributed by atoms with Gasteiger partial charge in [0.1, 0.15) is 17.0 Å². The van der Waals surface area contributed by atoms with E-state index in [0.29, 0.717) is 4.90 Å². The van der Waals surface area contributed by atoms with Crippen molar-refractivity contribution in [2.75, 3.05) is 0 Å². The van der Waals surface area contributed by atoms with Gasteiger partial charge >= 0.3 is 6.09 Å². The Balaban J connectivity index is 2.52. The summed E-state index contributed by atoms with van der Waals surface area (Å²) in [5.41, 5.74) is -0.592. The van der Waals surface area contributed by atoms with Crippen LogP contribution in [0.3, 0.4) is 0 Å². The van der Waals surface area contributed by atoms with Gasteiger partial charge in [-0.3, -0.25) is 0 Å². The van der Waals surface area contributed by atoms with E-state index in [4.69, 9.17) is 4.74 Å². The largest absolute Gasteiger partial charge is 0.588 e. The Morgan fingerprint density at radius 3 is 2.38 bits per heavy atom. The van der Waals surface area contributed by atoms with Crippen LogP contribution in [-0.4, -0.2) is 16.2 Å². The van der Waals surface area contributed by atoms with Gasteiger partial charge in [-0.2, -0.15) is 0 Å². The minimum absolute atomic E-state index is 0.536. The third-order valence-corrected chi connectivity index (χ3v) is 2.58. The summed E-state index contributed by atoms with van der Waals surface area (Å²) < 4.78 is 18.9. The fraction of sp³-hybridized carbons (Fsp3) is 0.364. The smallest absolute Gasteiger partial charge is 0.449 e. The maximum Gasteiger partial charge on any atom is 0.449 e. The summed E-state index contributed by atoms with van der Waals surface area (Å²) in [6, 6.07) is 8.67. The Hall–Kier alpha value is -1.20. The number of ether oxygens (including phenoxy) is 1. The van der Waals surface area contributed by atoms with Gasteiger partial charge in [0.15, 0.2) is 4.90 Å². The lowest BCUT2D eigenvalue weighted by atomic mass is 10.2. The maximum absolute atomic E-state index is 11.6. The molecule has 1 aromatic rings. The summed E-state index contributed by atoms with van der Waals surface area (Å²) in [5, 5.41) is 0. The second-order valence-electron chi connectivity index (χ2n) is 4.19. The first kappa shape index (κ1) is 12.9. The van der Waals surface area contributed by atoms with Gasteiger partial charge < -0.3 is 9.29 Å². The number of hydrogen-bond donors (Lipinski definition) is 1. The lowest BCUT2D eigenvalue weighted by Gasteiger charge is -2.19. The molecule has 0 bridgehead atoms. The molecule has 0 spiro atoms. The first-order valence-electron chi connectivity index (χ1n) is 4.85. The first-order chi connectivity index (χ1) is 7.38. The maximum atomic E-state index is 11.6. The van der Waals surface area contributed by atoms with Crippen molar-refractivity contribution in [3.8, 4) is 0 Å². The highest BCUT2D eigenvalue weighted by Crippen LogP contribution is 2.10. The van der Waals surface area contributed by atoms with E-state index in [1.807, 2.05) is 6.07 Å². The number of benzene rings is 1. The van der Waals surface area contributed by atoms with Crippen molar-refractivity contribution in [3.63, 3.8) is 0 Å². The Bertz CT molecular complexity index is 348. The molecule has 16 heavy (non-hydrogen) atoms. The van der Waals surface area contributed by atoms with Crippen molar-refractivity contribution in [3.05, 3.63) is 30.3 Å². The molecule has 88 valence electrons. The summed E-state index contributed by atoms with van der Waals surface area (Å²) in [5.74, 6) is 0. The molecule has 1 aromatic carbocycles. The van der Waals surface area contributed by atoms with E-state index in [1.54, 1.807) is 45.0 Å². The van der Waals surface area contributed by atoms with Gasteiger partial charge in [0, 0.05) is 0 Å². The molecular weight excluding hydrogens is 226 g/mol. The van der Waals surface area contributed by atoms with Crippen LogP contribution < -0.4 is 4.72 Å². The molecule has 0 saturated carbocycles. The highest BCUT2D eigenvalue weighted by molar-refractivity contribution is 7.90. The molecule has 1 atom stereocenters. The summed E-state index contributed by atoms with van der Waals surface area (Å²) in [6.07, 6.45) is -0.685. The molecule has 1 rings (SSSR count). The Kier molecular flexibility index (Phi) is 4.20. The van der Waals surface area contributed by atoms with E-state index in [1.165, 1.54) is 0 Å². The minimum Gasteiger partial charge on any atom is -0.588 e. The predicted molar refractivity (Wildman–Crippen MR) is 62.2 cm³/mol. The summed E-state index contributed by atoms with van der Waals surface area (Å²) in [6.45, 7) is 5.24. The molecule has 0 fully saturated rings. The molecule has 0 aliphatic rings. The molecule has 0 aromatic heterocycles. The second-order valence-corrected chi connectivity index (χ2v) is 5.40. The van der Waals surface area contributed by atoms with Gasteiger partial charge in [0.2, 0.25) is 0 Å². The fourth-order valence-corrected chi connectivity index (χ4v) is 1.69. The third kappa shape index (κ3) is 4.55. The van der Waals surface area contributed by atoms with Gasteiger partial charge in [0.05, 0.1) is 0 Å². The number of hydrogen-bond acceptors (Lipinski definition) is 3. The lowest BCUT2D eigenvalue weighted by Crippen LogP contribution is -2.36. The minimum atomic E-state index is -1.57. The average Bonchev–Trinajstić information content (AvgIpc) is 2.16. The Morgan fingerprint density at radius 2 is 1.88 bits per heavy atom. The second kappa shape index (κ2) is 5.23. The zero-order valence-corrected chi connectivity index (χ0v) is 10.3. The van der Waals surface area contributed by atoms with Crippen molar-refractivity contribution in [1.29, 1.82) is 0 Å². The molecule has 1 amide bonds. The summed E-state index contributed by atoms with van der Waals surface area (Å²) in [4.78, 5) is 11.9. The molecule has 0 radical (unpaired) electrons. The molecule has 0 heterocycles. The van der Waals surface area contributed by atoms with Crippen molar-refractivity contribution in [1.82, 2.24) is 4.72 Å². The van der Waals surface area contributed by atoms with E-state index in [9.17, 15) is 9.35 Å². The van der Waals surface area contributed by atoms with Crippen molar-refractivity contribution >= 4 is 17.5 Å². The lowest BCUT2D eigenvalue weighted by molar-refractivity contribution is 0.0570. The van der Waals surface area contributed by atoms with Crippen molar-refractivity contribution in [2.24, 2.45) is 0 Å². The molecular formula is C11H15NO3S. The third-order valence-electron chi connectivity index (χ3n) is 1.53. The van der Waals surface area contributed by atoms with Crippen LogP contribution in [0.25, 0.3) is 0 Å². The molecule has 5 heteroatoms. The SMILES string of the molecule is CC(C)(C)OC(=O)N[S+]([O-])c1ccccc1. The standard InChI is InChI=1S/C11H15NO3S/c1-11(2,3)15-10(13)12-16(14)9-7-5-4-6-8-9/h4-8H,1-3H3,(H,12,13). The van der Waals surface area contributed by atoms with Gasteiger partial charge in [0.25, 0.3) is 0 Å². The number of carbonyl (C=O) groups is 1. The van der Waals surface area contributed by atoms with E-state index < -0.39 is 23.1 Å². The quantitative estimate of drug-likeness (QED) is 0.808. The highest BCUT2D eigenvalue weighted by atomic mass is 32.2. The van der Waals surface area contributed by atoms with Gasteiger partial charge in [-0.25, -0.2) is 4.79 Å². The van der Waals surface area contributed by atoms with Gasteiger partial charge in [-0.1, -0.05) is 18.2 Å². The number of nitrogens with one attached hydrogen (secondary N) is 1. The van der Waals surface area contributed by atoms with Gasteiger partial charge in [-0.05, 0) is 32.9 Å². The normalized spacial score (nSPS) is 13.0. The monoisotopic (exact) mass is 241 g/mol. The highest BCUT2D eigenvalue weighted by Gasteiger charge is 2.21. The molecule has 1 N–H and O–H groups in total. The number of amides is 1. The molecule has 0 saturated heterocycles. The van der Waals surface area contributed by atoms with Crippen molar-refractivity contribution < 1.29 is 14.1 Å².